The van der Waals surface area contributed by atoms with Crippen molar-refractivity contribution in [3.8, 4) is 23.0 Å². The van der Waals surface area contributed by atoms with Gasteiger partial charge in [0.25, 0.3) is 0 Å². The molecule has 2 aromatic carbocycles. The van der Waals surface area contributed by atoms with Crippen molar-refractivity contribution >= 4 is 11.9 Å². The van der Waals surface area contributed by atoms with E-state index in [9.17, 15) is 4.79 Å². The smallest absolute Gasteiger partial charge is 0.347 e. The molecular formula is C32H43NO7. The van der Waals surface area contributed by atoms with Crippen LogP contribution < -0.4 is 18.9 Å². The Hall–Kier alpha value is -3.42. The third-order valence-corrected chi connectivity index (χ3v) is 7.31. The van der Waals surface area contributed by atoms with Gasteiger partial charge in [-0.1, -0.05) is 38.8 Å². The van der Waals surface area contributed by atoms with Gasteiger partial charge in [-0.05, 0) is 48.9 Å². The van der Waals surface area contributed by atoms with Crippen molar-refractivity contribution in [2.24, 2.45) is 4.99 Å². The normalized spacial score (nSPS) is 17.8. The zero-order chi connectivity index (χ0) is 28.5. The highest BCUT2D eigenvalue weighted by molar-refractivity contribution is 5.76. The lowest BCUT2D eigenvalue weighted by molar-refractivity contribution is -0.149. The van der Waals surface area contributed by atoms with Crippen LogP contribution in [0.1, 0.15) is 68.7 Å². The second-order valence-corrected chi connectivity index (χ2v) is 10.3. The van der Waals surface area contributed by atoms with Crippen molar-refractivity contribution < 1.29 is 33.2 Å². The Bertz CT molecular complexity index is 1190. The first-order valence-electron chi connectivity index (χ1n) is 14.5. The number of carbonyl (C=O) groups is 1. The highest BCUT2D eigenvalue weighted by atomic mass is 16.6. The van der Waals surface area contributed by atoms with E-state index in [4.69, 9.17) is 28.4 Å². The van der Waals surface area contributed by atoms with E-state index in [0.29, 0.717) is 26.2 Å². The fraction of sp³-hybridized carbons (Fsp3) is 0.562. The molecule has 2 aliphatic heterocycles. The first-order chi connectivity index (χ1) is 19.5. The number of benzene rings is 2. The Labute approximate surface area is 238 Å². The van der Waals surface area contributed by atoms with Gasteiger partial charge in [0.05, 0.1) is 34.0 Å². The second-order valence-electron chi connectivity index (χ2n) is 10.3. The highest BCUT2D eigenvalue weighted by Crippen LogP contribution is 2.39. The lowest BCUT2D eigenvalue weighted by atomic mass is 9.96. The summed E-state index contributed by atoms with van der Waals surface area (Å²) in [6.07, 6.45) is 5.96. The molecule has 0 saturated carbocycles. The maximum absolute atomic E-state index is 12.1. The molecule has 8 heteroatoms. The van der Waals surface area contributed by atoms with E-state index >= 15 is 0 Å². The van der Waals surface area contributed by atoms with Crippen LogP contribution in [0.2, 0.25) is 0 Å². The molecule has 0 saturated heterocycles. The summed E-state index contributed by atoms with van der Waals surface area (Å²) in [7, 11) is 3.11. The summed E-state index contributed by atoms with van der Waals surface area (Å²) in [6, 6.07) is 8.19. The van der Waals surface area contributed by atoms with Crippen LogP contribution in [0.5, 0.6) is 23.0 Å². The summed E-state index contributed by atoms with van der Waals surface area (Å²) >= 11 is 0. The van der Waals surface area contributed by atoms with Crippen molar-refractivity contribution in [1.82, 2.24) is 0 Å². The molecule has 2 atom stereocenters. The van der Waals surface area contributed by atoms with Crippen molar-refractivity contribution in [3.63, 3.8) is 0 Å². The van der Waals surface area contributed by atoms with E-state index in [1.54, 1.807) is 7.11 Å². The molecule has 0 bridgehead atoms. The molecule has 2 heterocycles. The standard InChI is InChI=1S/C32H43NO7/c1-6-9-25-27(15-13-23(30(25)35-4)19-24-20-33-21(3)39-24)37-17-8-18-38-28-14-11-22-12-16-29(32(34)36-5)40-31(22)26(28)10-7-2/h11,13-15,24,29H,6-10,12,16-20H2,1-5H3. The fourth-order valence-corrected chi connectivity index (χ4v) is 5.43. The molecule has 0 N–H and O–H groups in total. The monoisotopic (exact) mass is 553 g/mol. The number of fused-ring (bicyclic) bond motifs is 1. The predicted octanol–water partition coefficient (Wildman–Crippen LogP) is 5.67. The van der Waals surface area contributed by atoms with E-state index < -0.39 is 6.10 Å². The Morgan fingerprint density at radius 3 is 2.33 bits per heavy atom. The minimum absolute atomic E-state index is 0.0465. The van der Waals surface area contributed by atoms with Gasteiger partial charge in [-0.3, -0.25) is 4.99 Å². The van der Waals surface area contributed by atoms with E-state index in [-0.39, 0.29) is 12.1 Å². The number of hydrogen-bond acceptors (Lipinski definition) is 8. The van der Waals surface area contributed by atoms with Crippen LogP contribution in [0.25, 0.3) is 0 Å². The third kappa shape index (κ3) is 7.01. The maximum atomic E-state index is 12.1. The van der Waals surface area contributed by atoms with E-state index in [1.807, 2.05) is 25.1 Å². The largest absolute Gasteiger partial charge is 0.496 e. The zero-order valence-corrected chi connectivity index (χ0v) is 24.5. The molecule has 2 aliphatic rings. The van der Waals surface area contributed by atoms with Crippen molar-refractivity contribution in [3.05, 3.63) is 46.5 Å². The van der Waals surface area contributed by atoms with Crippen LogP contribution in [0, 0.1) is 0 Å². The van der Waals surface area contributed by atoms with Gasteiger partial charge in [0.1, 0.15) is 29.1 Å². The number of hydrogen-bond donors (Lipinski definition) is 0. The van der Waals surface area contributed by atoms with Gasteiger partial charge < -0.3 is 28.4 Å². The van der Waals surface area contributed by atoms with Crippen molar-refractivity contribution in [2.75, 3.05) is 34.0 Å². The number of methoxy groups -OCH3 is 2. The van der Waals surface area contributed by atoms with E-state index in [0.717, 1.165) is 96.1 Å². The molecule has 4 rings (SSSR count). The van der Waals surface area contributed by atoms with Crippen molar-refractivity contribution in [1.29, 1.82) is 0 Å². The summed E-state index contributed by atoms with van der Waals surface area (Å²) in [5.41, 5.74) is 4.34. The lowest BCUT2D eigenvalue weighted by Crippen LogP contribution is -2.32. The Kier molecular flexibility index (Phi) is 10.6. The van der Waals surface area contributed by atoms with Crippen LogP contribution in [0.3, 0.4) is 0 Å². The van der Waals surface area contributed by atoms with Gasteiger partial charge >= 0.3 is 5.97 Å². The molecule has 0 spiro atoms. The lowest BCUT2D eigenvalue weighted by Gasteiger charge is -2.27. The first-order valence-corrected chi connectivity index (χ1v) is 14.5. The van der Waals surface area contributed by atoms with Gasteiger partial charge in [-0.25, -0.2) is 4.79 Å². The SMILES string of the molecule is CCCc1c(OCCCOc2ccc3c(c2CCC)OC(C(=O)OC)CC3)ccc(CC2CN=C(C)O2)c1OC. The molecule has 0 amide bonds. The predicted molar refractivity (Wildman–Crippen MR) is 154 cm³/mol. The van der Waals surface area contributed by atoms with Gasteiger partial charge in [0, 0.05) is 30.9 Å². The third-order valence-electron chi connectivity index (χ3n) is 7.31. The van der Waals surface area contributed by atoms with Crippen LogP contribution in [0.15, 0.2) is 29.3 Å². The van der Waals surface area contributed by atoms with E-state index in [2.05, 4.69) is 24.9 Å². The average molecular weight is 554 g/mol. The molecule has 8 nitrogen and oxygen atoms in total. The fourth-order valence-electron chi connectivity index (χ4n) is 5.43. The van der Waals surface area contributed by atoms with Crippen LogP contribution in [-0.2, 0) is 40.0 Å². The summed E-state index contributed by atoms with van der Waals surface area (Å²) in [4.78, 5) is 16.5. The van der Waals surface area contributed by atoms with Gasteiger partial charge in [0.15, 0.2) is 12.0 Å². The number of aryl methyl sites for hydroxylation is 1. The highest BCUT2D eigenvalue weighted by Gasteiger charge is 2.29. The minimum Gasteiger partial charge on any atom is -0.496 e. The molecule has 2 unspecified atom stereocenters. The second kappa shape index (κ2) is 14.3. The number of esters is 1. The zero-order valence-electron chi connectivity index (χ0n) is 24.5. The van der Waals surface area contributed by atoms with Gasteiger partial charge in [0.2, 0.25) is 0 Å². The van der Waals surface area contributed by atoms with Crippen LogP contribution >= 0.6 is 0 Å². The molecule has 2 aromatic rings. The van der Waals surface area contributed by atoms with Crippen LogP contribution in [0.4, 0.5) is 0 Å². The quantitative estimate of drug-likeness (QED) is 0.220. The van der Waals surface area contributed by atoms with Gasteiger partial charge in [-0.15, -0.1) is 0 Å². The first kappa shape index (κ1) is 29.6. The molecule has 0 radical (unpaired) electrons. The Morgan fingerprint density at radius 2 is 1.68 bits per heavy atom. The number of aliphatic imine (C=N–C) groups is 1. The summed E-state index contributed by atoms with van der Waals surface area (Å²) in [5, 5.41) is 0. The van der Waals surface area contributed by atoms with Crippen LogP contribution in [-0.4, -0.2) is 58.1 Å². The number of rotatable bonds is 14. The minimum atomic E-state index is -0.569. The van der Waals surface area contributed by atoms with Crippen molar-refractivity contribution in [2.45, 2.75) is 84.3 Å². The molecule has 0 aliphatic carbocycles. The summed E-state index contributed by atoms with van der Waals surface area (Å²) in [5.74, 6) is 3.72. The topological polar surface area (TPSA) is 84.8 Å². The Morgan fingerprint density at radius 1 is 0.975 bits per heavy atom. The average Bonchev–Trinajstić information content (AvgIpc) is 3.38. The summed E-state index contributed by atoms with van der Waals surface area (Å²) < 4.78 is 35.2. The summed E-state index contributed by atoms with van der Waals surface area (Å²) in [6.45, 7) is 7.88. The van der Waals surface area contributed by atoms with Gasteiger partial charge in [-0.2, -0.15) is 0 Å². The molecule has 0 aromatic heterocycles. The number of carbonyl (C=O) groups excluding carboxylic acids is 1. The number of ether oxygens (including phenoxy) is 6. The van der Waals surface area contributed by atoms with E-state index in [1.165, 1.54) is 7.11 Å². The number of nitrogens with zero attached hydrogens (tertiary/aromatic N) is 1. The Balaban J connectivity index is 1.37. The maximum Gasteiger partial charge on any atom is 0.347 e. The molecule has 218 valence electrons. The molecular weight excluding hydrogens is 510 g/mol. The molecule has 40 heavy (non-hydrogen) atoms. The molecule has 0 fully saturated rings.